The van der Waals surface area contributed by atoms with Gasteiger partial charge in [-0.25, -0.2) is 9.67 Å². The lowest BCUT2D eigenvalue weighted by Gasteiger charge is -2.08. The van der Waals surface area contributed by atoms with E-state index in [9.17, 15) is 4.79 Å². The van der Waals surface area contributed by atoms with Gasteiger partial charge in [-0.1, -0.05) is 0 Å². The third-order valence-electron chi connectivity index (χ3n) is 2.61. The molecule has 0 N–H and O–H groups in total. The zero-order valence-corrected chi connectivity index (χ0v) is 11.0. The van der Waals surface area contributed by atoms with E-state index < -0.39 is 0 Å². The maximum Gasteiger partial charge on any atom is 0.171 e. The summed E-state index contributed by atoms with van der Waals surface area (Å²) in [5.41, 5.74) is 1.84. The summed E-state index contributed by atoms with van der Waals surface area (Å²) in [5.74, 6) is 0.842. The number of aryl methyl sites for hydroxylation is 1. The number of carbonyl (C=O) groups is 1. The van der Waals surface area contributed by atoms with Gasteiger partial charge in [0.1, 0.15) is 12.2 Å². The number of aromatic nitrogens is 3. The fourth-order valence-corrected chi connectivity index (χ4v) is 2.57. The van der Waals surface area contributed by atoms with Crippen molar-refractivity contribution < 1.29 is 4.79 Å². The van der Waals surface area contributed by atoms with Crippen molar-refractivity contribution in [2.75, 3.05) is 0 Å². The van der Waals surface area contributed by atoms with Crippen molar-refractivity contribution in [2.24, 2.45) is 0 Å². The Kier molecular flexibility index (Phi) is 3.38. The summed E-state index contributed by atoms with van der Waals surface area (Å²) in [4.78, 5) is 16.2. The number of ketones is 1. The van der Waals surface area contributed by atoms with Crippen molar-refractivity contribution in [3.05, 3.63) is 34.0 Å². The minimum atomic E-state index is 0.110. The summed E-state index contributed by atoms with van der Waals surface area (Å²) in [6, 6.07) is 0.226. The first-order valence-electron chi connectivity index (χ1n) is 5.54. The Morgan fingerprint density at radius 1 is 1.47 bits per heavy atom. The molecule has 0 bridgehead atoms. The maximum atomic E-state index is 12.1. The van der Waals surface area contributed by atoms with Crippen molar-refractivity contribution >= 4 is 17.1 Å². The van der Waals surface area contributed by atoms with Gasteiger partial charge in [0.15, 0.2) is 5.78 Å². The molecule has 2 rings (SSSR count). The van der Waals surface area contributed by atoms with Crippen LogP contribution in [0.5, 0.6) is 0 Å². The van der Waals surface area contributed by atoms with Gasteiger partial charge >= 0.3 is 0 Å². The van der Waals surface area contributed by atoms with Crippen LogP contribution in [0.3, 0.4) is 0 Å². The average molecular weight is 249 g/mol. The molecular weight excluding hydrogens is 234 g/mol. The molecule has 0 aromatic carbocycles. The maximum absolute atomic E-state index is 12.1. The van der Waals surface area contributed by atoms with Crippen LogP contribution >= 0.6 is 11.3 Å². The van der Waals surface area contributed by atoms with Gasteiger partial charge in [0.05, 0.1) is 6.42 Å². The summed E-state index contributed by atoms with van der Waals surface area (Å²) in [7, 11) is 0. The largest absolute Gasteiger partial charge is 0.294 e. The van der Waals surface area contributed by atoms with Crippen LogP contribution in [0.15, 0.2) is 17.1 Å². The minimum Gasteiger partial charge on any atom is -0.294 e. The molecule has 0 radical (unpaired) electrons. The van der Waals surface area contributed by atoms with Gasteiger partial charge in [-0.2, -0.15) is 16.4 Å². The summed E-state index contributed by atoms with van der Waals surface area (Å²) < 4.78 is 1.79. The summed E-state index contributed by atoms with van der Waals surface area (Å²) >= 11 is 1.55. The predicted molar refractivity (Wildman–Crippen MR) is 67.5 cm³/mol. The van der Waals surface area contributed by atoms with Crippen LogP contribution in [-0.4, -0.2) is 20.5 Å². The lowest BCUT2D eigenvalue weighted by molar-refractivity contribution is 0.0989. The van der Waals surface area contributed by atoms with Crippen molar-refractivity contribution in [2.45, 2.75) is 33.2 Å². The fourth-order valence-electron chi connectivity index (χ4n) is 1.72. The molecule has 0 atom stereocenters. The van der Waals surface area contributed by atoms with Gasteiger partial charge in [0.2, 0.25) is 0 Å². The number of rotatable bonds is 4. The van der Waals surface area contributed by atoms with Crippen LogP contribution in [0.25, 0.3) is 0 Å². The van der Waals surface area contributed by atoms with E-state index in [-0.39, 0.29) is 11.8 Å². The first-order chi connectivity index (χ1) is 8.09. The second-order valence-corrected chi connectivity index (χ2v) is 5.03. The number of nitrogens with zero attached hydrogens (tertiary/aromatic N) is 3. The molecule has 2 aromatic heterocycles. The van der Waals surface area contributed by atoms with Crippen molar-refractivity contribution in [1.29, 1.82) is 0 Å². The Morgan fingerprint density at radius 2 is 2.24 bits per heavy atom. The normalized spacial score (nSPS) is 11.1. The first-order valence-corrected chi connectivity index (χ1v) is 6.48. The molecule has 0 saturated carbocycles. The number of thiophene rings is 1. The fraction of sp³-hybridized carbons (Fsp3) is 0.417. The van der Waals surface area contributed by atoms with E-state index in [0.29, 0.717) is 6.42 Å². The Hall–Kier alpha value is -1.49. The second-order valence-electron chi connectivity index (χ2n) is 4.28. The van der Waals surface area contributed by atoms with Crippen LogP contribution < -0.4 is 0 Å². The van der Waals surface area contributed by atoms with Crippen LogP contribution in [0.1, 0.15) is 41.6 Å². The van der Waals surface area contributed by atoms with Crippen LogP contribution in [0.4, 0.5) is 0 Å². The van der Waals surface area contributed by atoms with Gasteiger partial charge in [-0.3, -0.25) is 4.79 Å². The molecule has 5 heteroatoms. The Bertz CT molecular complexity index is 527. The second kappa shape index (κ2) is 4.79. The monoisotopic (exact) mass is 249 g/mol. The summed E-state index contributed by atoms with van der Waals surface area (Å²) in [6.07, 6.45) is 1.82. The van der Waals surface area contributed by atoms with Gasteiger partial charge < -0.3 is 0 Å². The molecule has 0 saturated heterocycles. The van der Waals surface area contributed by atoms with E-state index >= 15 is 0 Å². The molecule has 17 heavy (non-hydrogen) atoms. The standard InChI is InChI=1S/C12H15N3OS/c1-8(2)15-12(13-7-14-15)4-11(16)10-6-17-5-9(10)3/h5-8H,4H2,1-3H3. The van der Waals surface area contributed by atoms with Crippen molar-refractivity contribution in [1.82, 2.24) is 14.8 Å². The summed E-state index contributed by atoms with van der Waals surface area (Å²) in [6.45, 7) is 6.01. The Balaban J connectivity index is 2.19. The van der Waals surface area contributed by atoms with E-state index in [1.807, 2.05) is 31.5 Å². The number of Topliss-reactive ketones (excluding diaryl/α,β-unsaturated/α-hetero) is 1. The number of carbonyl (C=O) groups excluding carboxylic acids is 1. The Labute approximate surface area is 104 Å². The molecule has 4 nitrogen and oxygen atoms in total. The van der Waals surface area contributed by atoms with Crippen molar-refractivity contribution in [3.8, 4) is 0 Å². The predicted octanol–water partition coefficient (Wildman–Crippen LogP) is 2.65. The molecule has 0 aliphatic carbocycles. The van der Waals surface area contributed by atoms with Gasteiger partial charge in [-0.15, -0.1) is 0 Å². The van der Waals surface area contributed by atoms with Crippen LogP contribution in [0.2, 0.25) is 0 Å². The van der Waals surface area contributed by atoms with E-state index in [0.717, 1.165) is 17.0 Å². The van der Waals surface area contributed by atoms with E-state index in [2.05, 4.69) is 10.1 Å². The lowest BCUT2D eigenvalue weighted by atomic mass is 10.1. The van der Waals surface area contributed by atoms with Crippen LogP contribution in [-0.2, 0) is 6.42 Å². The SMILES string of the molecule is Cc1cscc1C(=O)Cc1ncnn1C(C)C. The molecule has 90 valence electrons. The molecule has 0 unspecified atom stereocenters. The molecule has 0 aliphatic heterocycles. The third kappa shape index (κ3) is 2.44. The van der Waals surface area contributed by atoms with Gasteiger partial charge in [0, 0.05) is 17.0 Å². The molecular formula is C12H15N3OS. The zero-order valence-electron chi connectivity index (χ0n) is 10.2. The van der Waals surface area contributed by atoms with Gasteiger partial charge in [-0.05, 0) is 31.7 Å². The zero-order chi connectivity index (χ0) is 12.4. The lowest BCUT2D eigenvalue weighted by Crippen LogP contribution is -2.13. The highest BCUT2D eigenvalue weighted by molar-refractivity contribution is 7.08. The minimum absolute atomic E-state index is 0.110. The molecule has 0 fully saturated rings. The molecule has 2 aromatic rings. The van der Waals surface area contributed by atoms with E-state index in [4.69, 9.17) is 0 Å². The molecule has 0 aliphatic rings. The van der Waals surface area contributed by atoms with Gasteiger partial charge in [0.25, 0.3) is 0 Å². The first kappa shape index (κ1) is 12.0. The number of hydrogen-bond acceptors (Lipinski definition) is 4. The molecule has 2 heterocycles. The quantitative estimate of drug-likeness (QED) is 0.783. The third-order valence-corrected chi connectivity index (χ3v) is 3.47. The smallest absolute Gasteiger partial charge is 0.171 e. The van der Waals surface area contributed by atoms with Crippen LogP contribution in [0, 0.1) is 6.92 Å². The van der Waals surface area contributed by atoms with Crippen molar-refractivity contribution in [3.63, 3.8) is 0 Å². The highest BCUT2D eigenvalue weighted by Gasteiger charge is 2.15. The topological polar surface area (TPSA) is 47.8 Å². The highest BCUT2D eigenvalue weighted by atomic mass is 32.1. The van der Waals surface area contributed by atoms with E-state index in [1.165, 1.54) is 6.33 Å². The molecule has 0 spiro atoms. The number of hydrogen-bond donors (Lipinski definition) is 0. The average Bonchev–Trinajstić information content (AvgIpc) is 2.86. The molecule has 0 amide bonds. The summed E-state index contributed by atoms with van der Waals surface area (Å²) in [5, 5.41) is 8.01. The van der Waals surface area contributed by atoms with E-state index in [1.54, 1.807) is 16.0 Å². The Morgan fingerprint density at radius 3 is 2.82 bits per heavy atom. The highest BCUT2D eigenvalue weighted by Crippen LogP contribution is 2.16.